The average molecular weight is 196 g/mol. The highest BCUT2D eigenvalue weighted by atomic mass is 16.2. The Hall–Kier alpha value is -0.570. The minimum atomic E-state index is 0.0804. The van der Waals surface area contributed by atoms with Crippen LogP contribution in [0.15, 0.2) is 0 Å². The van der Waals surface area contributed by atoms with E-state index in [4.69, 9.17) is 0 Å². The van der Waals surface area contributed by atoms with Crippen LogP contribution in [0.5, 0.6) is 0 Å². The van der Waals surface area contributed by atoms with E-state index in [9.17, 15) is 4.79 Å². The van der Waals surface area contributed by atoms with Gasteiger partial charge in [0, 0.05) is 30.6 Å². The Bertz CT molecular complexity index is 246. The van der Waals surface area contributed by atoms with Gasteiger partial charge in [-0.2, -0.15) is 0 Å². The Balaban J connectivity index is 2.03. The maximum Gasteiger partial charge on any atom is 0.226 e. The molecule has 2 rings (SSSR count). The minimum absolute atomic E-state index is 0.0804. The number of nitrogens with one attached hydrogen (secondary N) is 1. The minimum Gasteiger partial charge on any atom is -0.337 e. The summed E-state index contributed by atoms with van der Waals surface area (Å²) in [5.41, 5.74) is 0.0804. The largest absolute Gasteiger partial charge is 0.337 e. The van der Waals surface area contributed by atoms with E-state index in [-0.39, 0.29) is 5.54 Å². The summed E-state index contributed by atoms with van der Waals surface area (Å²) in [7, 11) is 0. The number of amides is 1. The summed E-state index contributed by atoms with van der Waals surface area (Å²) in [6.45, 7) is 8.22. The van der Waals surface area contributed by atoms with Crippen molar-refractivity contribution in [2.24, 2.45) is 5.92 Å². The van der Waals surface area contributed by atoms with Crippen molar-refractivity contribution in [3.05, 3.63) is 0 Å². The van der Waals surface area contributed by atoms with Crippen molar-refractivity contribution in [1.82, 2.24) is 10.2 Å². The molecule has 0 bridgehead atoms. The maximum atomic E-state index is 12.0. The van der Waals surface area contributed by atoms with Gasteiger partial charge in [-0.3, -0.25) is 4.79 Å². The molecule has 0 aromatic carbocycles. The molecular weight excluding hydrogens is 176 g/mol. The molecule has 0 radical (unpaired) electrons. The van der Waals surface area contributed by atoms with Gasteiger partial charge in [-0.15, -0.1) is 0 Å². The molecule has 80 valence electrons. The highest BCUT2D eigenvalue weighted by Gasteiger charge is 2.39. The van der Waals surface area contributed by atoms with Crippen molar-refractivity contribution in [3.8, 4) is 0 Å². The lowest BCUT2D eigenvalue weighted by Crippen LogP contribution is -2.62. The van der Waals surface area contributed by atoms with Crippen molar-refractivity contribution in [1.29, 1.82) is 0 Å². The zero-order chi connectivity index (χ0) is 10.3. The molecule has 1 saturated heterocycles. The first-order chi connectivity index (χ1) is 6.49. The van der Waals surface area contributed by atoms with Crippen LogP contribution in [0.3, 0.4) is 0 Å². The average Bonchev–Trinajstić information content (AvgIpc) is 2.91. The molecule has 1 saturated carbocycles. The van der Waals surface area contributed by atoms with Crippen LogP contribution in [-0.2, 0) is 4.79 Å². The molecule has 3 nitrogen and oxygen atoms in total. The lowest BCUT2D eigenvalue weighted by molar-refractivity contribution is -0.137. The number of rotatable bonds is 1. The summed E-state index contributed by atoms with van der Waals surface area (Å²) in [5.74, 6) is 0.735. The lowest BCUT2D eigenvalue weighted by atomic mass is 9.99. The SMILES string of the molecule is CC1CNC(C)(C)CN1C(=O)C1CC1. The van der Waals surface area contributed by atoms with E-state index in [0.717, 1.165) is 25.9 Å². The van der Waals surface area contributed by atoms with Crippen molar-refractivity contribution in [3.63, 3.8) is 0 Å². The Kier molecular flexibility index (Phi) is 2.30. The predicted octanol–water partition coefficient (Wildman–Crippen LogP) is 0.995. The van der Waals surface area contributed by atoms with E-state index in [1.54, 1.807) is 0 Å². The van der Waals surface area contributed by atoms with E-state index in [0.29, 0.717) is 17.9 Å². The molecule has 1 aliphatic heterocycles. The van der Waals surface area contributed by atoms with Crippen molar-refractivity contribution < 1.29 is 4.79 Å². The molecule has 1 amide bonds. The van der Waals surface area contributed by atoms with Gasteiger partial charge in [-0.1, -0.05) is 0 Å². The third-order valence-corrected chi connectivity index (χ3v) is 3.18. The van der Waals surface area contributed by atoms with Crippen LogP contribution in [0.4, 0.5) is 0 Å². The van der Waals surface area contributed by atoms with Crippen molar-refractivity contribution >= 4 is 5.91 Å². The Morgan fingerprint density at radius 1 is 1.43 bits per heavy atom. The third kappa shape index (κ3) is 1.92. The van der Waals surface area contributed by atoms with Gasteiger partial charge in [0.15, 0.2) is 0 Å². The predicted molar refractivity (Wildman–Crippen MR) is 56.0 cm³/mol. The quantitative estimate of drug-likeness (QED) is 0.678. The molecule has 1 aliphatic carbocycles. The summed E-state index contributed by atoms with van der Waals surface area (Å²) in [4.78, 5) is 14.0. The van der Waals surface area contributed by atoms with Gasteiger partial charge < -0.3 is 10.2 Å². The van der Waals surface area contributed by atoms with Crippen molar-refractivity contribution in [2.75, 3.05) is 13.1 Å². The number of nitrogens with zero attached hydrogens (tertiary/aromatic N) is 1. The first-order valence-electron chi connectivity index (χ1n) is 5.55. The number of piperazine rings is 1. The van der Waals surface area contributed by atoms with E-state index < -0.39 is 0 Å². The second-order valence-corrected chi connectivity index (χ2v) is 5.35. The fraction of sp³-hybridized carbons (Fsp3) is 0.909. The molecule has 1 heterocycles. The van der Waals surface area contributed by atoms with E-state index >= 15 is 0 Å². The number of hydrogen-bond acceptors (Lipinski definition) is 2. The molecule has 0 aromatic heterocycles. The summed E-state index contributed by atoms with van der Waals surface area (Å²) >= 11 is 0. The van der Waals surface area contributed by atoms with Crippen LogP contribution in [0, 0.1) is 5.92 Å². The zero-order valence-corrected chi connectivity index (χ0v) is 9.34. The van der Waals surface area contributed by atoms with Gasteiger partial charge in [0.2, 0.25) is 5.91 Å². The molecule has 3 heteroatoms. The fourth-order valence-electron chi connectivity index (χ4n) is 2.03. The first-order valence-corrected chi connectivity index (χ1v) is 5.55. The summed E-state index contributed by atoms with van der Waals surface area (Å²) < 4.78 is 0. The van der Waals surface area contributed by atoms with E-state index in [1.807, 2.05) is 0 Å². The van der Waals surface area contributed by atoms with Crippen LogP contribution in [0.1, 0.15) is 33.6 Å². The van der Waals surface area contributed by atoms with Crippen LogP contribution in [0.2, 0.25) is 0 Å². The zero-order valence-electron chi connectivity index (χ0n) is 9.34. The smallest absolute Gasteiger partial charge is 0.226 e. The van der Waals surface area contributed by atoms with Gasteiger partial charge in [0.1, 0.15) is 0 Å². The third-order valence-electron chi connectivity index (χ3n) is 3.18. The van der Waals surface area contributed by atoms with Gasteiger partial charge >= 0.3 is 0 Å². The topological polar surface area (TPSA) is 32.3 Å². The summed E-state index contributed by atoms with van der Waals surface area (Å²) in [6.07, 6.45) is 2.21. The van der Waals surface area contributed by atoms with Crippen LogP contribution in [-0.4, -0.2) is 35.5 Å². The Morgan fingerprint density at radius 3 is 2.64 bits per heavy atom. The number of hydrogen-bond donors (Lipinski definition) is 1. The van der Waals surface area contributed by atoms with Gasteiger partial charge in [-0.05, 0) is 33.6 Å². The number of carbonyl (C=O) groups is 1. The first kappa shape index (κ1) is 9.97. The Labute approximate surface area is 85.8 Å². The molecule has 2 fully saturated rings. The van der Waals surface area contributed by atoms with Crippen LogP contribution in [0.25, 0.3) is 0 Å². The lowest BCUT2D eigenvalue weighted by Gasteiger charge is -2.43. The molecular formula is C11H20N2O. The van der Waals surface area contributed by atoms with E-state index in [1.165, 1.54) is 0 Å². The molecule has 2 aliphatic rings. The van der Waals surface area contributed by atoms with Gasteiger partial charge in [0.05, 0.1) is 0 Å². The molecule has 0 aromatic rings. The Morgan fingerprint density at radius 2 is 2.07 bits per heavy atom. The second-order valence-electron chi connectivity index (χ2n) is 5.35. The van der Waals surface area contributed by atoms with Crippen LogP contribution < -0.4 is 5.32 Å². The molecule has 1 atom stereocenters. The molecule has 1 unspecified atom stereocenters. The van der Waals surface area contributed by atoms with Crippen LogP contribution >= 0.6 is 0 Å². The standard InChI is InChI=1S/C11H20N2O/c1-8-6-12-11(2,3)7-13(8)10(14)9-4-5-9/h8-9,12H,4-7H2,1-3H3. The fourth-order valence-corrected chi connectivity index (χ4v) is 2.03. The maximum absolute atomic E-state index is 12.0. The van der Waals surface area contributed by atoms with Crippen molar-refractivity contribution in [2.45, 2.75) is 45.2 Å². The van der Waals surface area contributed by atoms with Gasteiger partial charge in [0.25, 0.3) is 0 Å². The highest BCUT2D eigenvalue weighted by molar-refractivity contribution is 5.81. The highest BCUT2D eigenvalue weighted by Crippen LogP contribution is 2.32. The monoisotopic (exact) mass is 196 g/mol. The normalized spacial score (nSPS) is 31.6. The molecule has 1 N–H and O–H groups in total. The van der Waals surface area contributed by atoms with E-state index in [2.05, 4.69) is 31.0 Å². The van der Waals surface area contributed by atoms with Gasteiger partial charge in [-0.25, -0.2) is 0 Å². The summed E-state index contributed by atoms with van der Waals surface area (Å²) in [5, 5.41) is 3.46. The number of carbonyl (C=O) groups excluding carboxylic acids is 1. The molecule has 0 spiro atoms. The summed E-state index contributed by atoms with van der Waals surface area (Å²) in [6, 6.07) is 0.358. The molecule has 14 heavy (non-hydrogen) atoms. The second kappa shape index (κ2) is 3.23.